The molecular formula is C21H23N7OS. The molecule has 0 saturated carbocycles. The first-order valence-electron chi connectivity index (χ1n) is 10.1. The summed E-state index contributed by atoms with van der Waals surface area (Å²) >= 11 is 1.53. The molecule has 4 aromatic rings. The fourth-order valence-corrected chi connectivity index (χ4v) is 4.33. The SMILES string of the molecule is CSc1nc(N2CCCC2)c2cnn(CCNC(=O)c3c[nH]c4ccccc34)c2n1. The van der Waals surface area contributed by atoms with Crippen LogP contribution >= 0.6 is 11.8 Å². The highest BCUT2D eigenvalue weighted by Crippen LogP contribution is 2.28. The molecule has 1 saturated heterocycles. The van der Waals surface area contributed by atoms with Crippen LogP contribution in [0, 0.1) is 0 Å². The first kappa shape index (κ1) is 18.9. The second-order valence-corrected chi connectivity index (χ2v) is 8.11. The first-order valence-corrected chi connectivity index (χ1v) is 11.3. The maximum atomic E-state index is 12.6. The van der Waals surface area contributed by atoms with Crippen molar-refractivity contribution in [3.63, 3.8) is 0 Å². The molecule has 1 fully saturated rings. The van der Waals surface area contributed by atoms with E-state index in [1.54, 1.807) is 6.20 Å². The molecule has 5 rings (SSSR count). The Morgan fingerprint density at radius 3 is 2.87 bits per heavy atom. The number of rotatable bonds is 6. The van der Waals surface area contributed by atoms with Gasteiger partial charge in [-0.05, 0) is 25.2 Å². The Morgan fingerprint density at radius 1 is 1.20 bits per heavy atom. The van der Waals surface area contributed by atoms with E-state index in [4.69, 9.17) is 4.98 Å². The monoisotopic (exact) mass is 421 g/mol. The molecule has 2 N–H and O–H groups in total. The number of H-pyrrole nitrogens is 1. The Hall–Kier alpha value is -3.07. The summed E-state index contributed by atoms with van der Waals surface area (Å²) in [7, 11) is 0. The number of hydrogen-bond acceptors (Lipinski definition) is 6. The van der Waals surface area contributed by atoms with Crippen molar-refractivity contribution < 1.29 is 4.79 Å². The maximum Gasteiger partial charge on any atom is 0.253 e. The molecule has 1 aromatic carbocycles. The molecule has 0 bridgehead atoms. The van der Waals surface area contributed by atoms with E-state index in [1.807, 2.05) is 41.4 Å². The second kappa shape index (κ2) is 7.98. The summed E-state index contributed by atoms with van der Waals surface area (Å²) in [5.74, 6) is 0.872. The lowest BCUT2D eigenvalue weighted by atomic mass is 10.1. The predicted octanol–water partition coefficient (Wildman–Crippen LogP) is 3.06. The summed E-state index contributed by atoms with van der Waals surface area (Å²) in [4.78, 5) is 27.5. The van der Waals surface area contributed by atoms with Crippen LogP contribution in [0.1, 0.15) is 23.2 Å². The smallest absolute Gasteiger partial charge is 0.253 e. The van der Waals surface area contributed by atoms with E-state index in [2.05, 4.69) is 25.3 Å². The number of aromatic amines is 1. The van der Waals surface area contributed by atoms with Gasteiger partial charge in [0.15, 0.2) is 10.8 Å². The molecular weight excluding hydrogens is 398 g/mol. The number of anilines is 1. The van der Waals surface area contributed by atoms with Gasteiger partial charge in [0.05, 0.1) is 23.7 Å². The number of carbonyl (C=O) groups excluding carboxylic acids is 1. The summed E-state index contributed by atoms with van der Waals surface area (Å²) in [6, 6.07) is 7.79. The molecule has 0 spiro atoms. The van der Waals surface area contributed by atoms with Gasteiger partial charge in [-0.25, -0.2) is 14.6 Å². The van der Waals surface area contributed by atoms with E-state index >= 15 is 0 Å². The van der Waals surface area contributed by atoms with Crippen molar-refractivity contribution >= 4 is 45.4 Å². The zero-order valence-electron chi connectivity index (χ0n) is 16.8. The Balaban J connectivity index is 1.34. The Kier molecular flexibility index (Phi) is 5.04. The van der Waals surface area contributed by atoms with Crippen LogP contribution in [-0.2, 0) is 6.54 Å². The molecule has 0 atom stereocenters. The van der Waals surface area contributed by atoms with Crippen molar-refractivity contribution in [2.24, 2.45) is 0 Å². The topological polar surface area (TPSA) is 91.7 Å². The molecule has 4 heterocycles. The summed E-state index contributed by atoms with van der Waals surface area (Å²) in [5, 5.41) is 10.2. The van der Waals surface area contributed by atoms with Crippen LogP contribution in [0.5, 0.6) is 0 Å². The van der Waals surface area contributed by atoms with Gasteiger partial charge in [-0.3, -0.25) is 4.79 Å². The van der Waals surface area contributed by atoms with Crippen LogP contribution < -0.4 is 10.2 Å². The van der Waals surface area contributed by atoms with Crippen LogP contribution in [0.25, 0.3) is 21.9 Å². The van der Waals surface area contributed by atoms with Gasteiger partial charge in [0, 0.05) is 36.7 Å². The summed E-state index contributed by atoms with van der Waals surface area (Å²) < 4.78 is 1.85. The average molecular weight is 422 g/mol. The van der Waals surface area contributed by atoms with E-state index in [1.165, 1.54) is 24.6 Å². The minimum absolute atomic E-state index is 0.0962. The van der Waals surface area contributed by atoms with E-state index in [0.29, 0.717) is 18.7 Å². The van der Waals surface area contributed by atoms with Crippen LogP contribution in [0.2, 0.25) is 0 Å². The Morgan fingerprint density at radius 2 is 2.03 bits per heavy atom. The van der Waals surface area contributed by atoms with Gasteiger partial charge in [-0.2, -0.15) is 5.10 Å². The van der Waals surface area contributed by atoms with E-state index in [9.17, 15) is 4.79 Å². The van der Waals surface area contributed by atoms with E-state index in [-0.39, 0.29) is 5.91 Å². The molecule has 1 amide bonds. The van der Waals surface area contributed by atoms with Gasteiger partial charge >= 0.3 is 0 Å². The lowest BCUT2D eigenvalue weighted by molar-refractivity contribution is 0.0953. The largest absolute Gasteiger partial charge is 0.360 e. The fraction of sp³-hybridized carbons (Fsp3) is 0.333. The number of carbonyl (C=O) groups is 1. The lowest BCUT2D eigenvalue weighted by Gasteiger charge is -2.17. The third kappa shape index (κ3) is 3.39. The number of nitrogens with one attached hydrogen (secondary N) is 2. The molecule has 9 heteroatoms. The number of fused-ring (bicyclic) bond motifs is 2. The van der Waals surface area contributed by atoms with Crippen molar-refractivity contribution in [1.82, 2.24) is 30.0 Å². The van der Waals surface area contributed by atoms with Gasteiger partial charge in [0.25, 0.3) is 5.91 Å². The summed E-state index contributed by atoms with van der Waals surface area (Å²) in [6.45, 7) is 3.05. The first-order chi connectivity index (χ1) is 14.7. The third-order valence-corrected chi connectivity index (χ3v) is 6.03. The van der Waals surface area contributed by atoms with Crippen LogP contribution in [-0.4, -0.2) is 56.5 Å². The minimum Gasteiger partial charge on any atom is -0.360 e. The van der Waals surface area contributed by atoms with Crippen molar-refractivity contribution in [3.05, 3.63) is 42.2 Å². The third-order valence-electron chi connectivity index (χ3n) is 5.49. The molecule has 3 aromatic heterocycles. The van der Waals surface area contributed by atoms with E-state index in [0.717, 1.165) is 46.0 Å². The molecule has 154 valence electrons. The molecule has 0 aliphatic carbocycles. The molecule has 1 aliphatic rings. The number of aromatic nitrogens is 5. The standard InChI is InChI=1S/C21H23N7OS/c1-30-21-25-18(27-9-4-5-10-27)16-13-24-28(19(16)26-21)11-8-22-20(29)15-12-23-17-7-3-2-6-14(15)17/h2-3,6-7,12-13,23H,4-5,8-11H2,1H3,(H,22,29). The average Bonchev–Trinajstić information content (AvgIpc) is 3.52. The van der Waals surface area contributed by atoms with Crippen molar-refractivity contribution in [2.75, 3.05) is 30.8 Å². The highest BCUT2D eigenvalue weighted by Gasteiger charge is 2.20. The normalized spacial score (nSPS) is 14.1. The highest BCUT2D eigenvalue weighted by atomic mass is 32.2. The second-order valence-electron chi connectivity index (χ2n) is 7.34. The molecule has 30 heavy (non-hydrogen) atoms. The number of nitrogens with zero attached hydrogens (tertiary/aromatic N) is 5. The zero-order chi connectivity index (χ0) is 20.5. The van der Waals surface area contributed by atoms with Gasteiger partial charge in [0.2, 0.25) is 0 Å². The minimum atomic E-state index is -0.0962. The predicted molar refractivity (Wildman–Crippen MR) is 119 cm³/mol. The number of benzene rings is 1. The fourth-order valence-electron chi connectivity index (χ4n) is 3.98. The van der Waals surface area contributed by atoms with E-state index < -0.39 is 0 Å². The zero-order valence-corrected chi connectivity index (χ0v) is 17.6. The van der Waals surface area contributed by atoms with Gasteiger partial charge in [-0.1, -0.05) is 30.0 Å². The van der Waals surface area contributed by atoms with Crippen LogP contribution in [0.3, 0.4) is 0 Å². The van der Waals surface area contributed by atoms with Gasteiger partial charge in [-0.15, -0.1) is 0 Å². The number of thioether (sulfide) groups is 1. The van der Waals surface area contributed by atoms with Crippen molar-refractivity contribution in [1.29, 1.82) is 0 Å². The molecule has 1 aliphatic heterocycles. The molecule has 0 radical (unpaired) electrons. The summed E-state index contributed by atoms with van der Waals surface area (Å²) in [6.07, 6.45) is 7.96. The lowest BCUT2D eigenvalue weighted by Crippen LogP contribution is -2.27. The highest BCUT2D eigenvalue weighted by molar-refractivity contribution is 7.98. The Bertz CT molecular complexity index is 1210. The maximum absolute atomic E-state index is 12.6. The number of para-hydroxylation sites is 1. The molecule has 8 nitrogen and oxygen atoms in total. The van der Waals surface area contributed by atoms with Gasteiger partial charge in [0.1, 0.15) is 5.82 Å². The summed E-state index contributed by atoms with van der Waals surface area (Å²) in [5.41, 5.74) is 2.42. The molecule has 0 unspecified atom stereocenters. The number of hydrogen-bond donors (Lipinski definition) is 2. The Labute approximate surface area is 178 Å². The quantitative estimate of drug-likeness (QED) is 0.367. The van der Waals surface area contributed by atoms with Gasteiger partial charge < -0.3 is 15.2 Å². The van der Waals surface area contributed by atoms with Crippen molar-refractivity contribution in [2.45, 2.75) is 24.5 Å². The van der Waals surface area contributed by atoms with Crippen LogP contribution in [0.4, 0.5) is 5.82 Å². The van der Waals surface area contributed by atoms with Crippen LogP contribution in [0.15, 0.2) is 41.8 Å². The van der Waals surface area contributed by atoms with Crippen molar-refractivity contribution in [3.8, 4) is 0 Å². The number of amides is 1.